The van der Waals surface area contributed by atoms with Crippen LogP contribution in [-0.2, 0) is 22.5 Å². The number of carbonyl (C=O) groups excluding carboxylic acids is 2. The molecule has 0 aromatic heterocycles. The molecule has 23 heavy (non-hydrogen) atoms. The smallest absolute Gasteiger partial charge is 0.409 e. The van der Waals surface area contributed by atoms with Gasteiger partial charge in [0.25, 0.3) is 0 Å². The molecule has 1 aromatic carbocycles. The van der Waals surface area contributed by atoms with E-state index in [9.17, 15) is 9.59 Å². The zero-order valence-electron chi connectivity index (χ0n) is 13.4. The van der Waals surface area contributed by atoms with Gasteiger partial charge in [-0.25, -0.2) is 4.79 Å². The zero-order valence-corrected chi connectivity index (χ0v) is 13.4. The Bertz CT molecular complexity index is 639. The van der Waals surface area contributed by atoms with Crippen molar-refractivity contribution >= 4 is 17.7 Å². The second kappa shape index (κ2) is 6.86. The molecule has 2 aliphatic rings. The number of nitrogens with zero attached hydrogens (tertiary/aromatic N) is 1. The van der Waals surface area contributed by atoms with Crippen molar-refractivity contribution < 1.29 is 14.3 Å². The third-order valence-corrected chi connectivity index (χ3v) is 4.56. The number of methoxy groups -OCH3 is 1. The van der Waals surface area contributed by atoms with Gasteiger partial charge in [-0.1, -0.05) is 18.2 Å². The molecule has 1 aromatic rings. The fourth-order valence-electron chi connectivity index (χ4n) is 3.20. The SMILES string of the molecule is COC(=O)N1CCc2ccc(NC(=O)C3CC=CCC3)cc2C1. The third-order valence-electron chi connectivity index (χ3n) is 4.56. The van der Waals surface area contributed by atoms with Crippen molar-refractivity contribution in [3.05, 3.63) is 41.5 Å². The predicted molar refractivity (Wildman–Crippen MR) is 88.1 cm³/mol. The maximum absolute atomic E-state index is 12.3. The van der Waals surface area contributed by atoms with Crippen LogP contribution in [0.2, 0.25) is 0 Å². The van der Waals surface area contributed by atoms with Crippen molar-refractivity contribution in [3.63, 3.8) is 0 Å². The Morgan fingerprint density at radius 3 is 2.87 bits per heavy atom. The largest absolute Gasteiger partial charge is 0.453 e. The second-order valence-corrected chi connectivity index (χ2v) is 6.10. The normalized spacial score (nSPS) is 19.9. The van der Waals surface area contributed by atoms with E-state index in [2.05, 4.69) is 17.5 Å². The molecule has 122 valence electrons. The monoisotopic (exact) mass is 314 g/mol. The molecular formula is C18H22N2O3. The number of anilines is 1. The Balaban J connectivity index is 1.69. The first kappa shape index (κ1) is 15.6. The highest BCUT2D eigenvalue weighted by molar-refractivity contribution is 5.92. The number of nitrogens with one attached hydrogen (secondary N) is 1. The summed E-state index contributed by atoms with van der Waals surface area (Å²) in [6, 6.07) is 5.96. The van der Waals surface area contributed by atoms with Crippen LogP contribution in [-0.4, -0.2) is 30.6 Å². The van der Waals surface area contributed by atoms with Crippen molar-refractivity contribution in [2.45, 2.75) is 32.2 Å². The molecule has 0 radical (unpaired) electrons. The highest BCUT2D eigenvalue weighted by Crippen LogP contribution is 2.25. The lowest BCUT2D eigenvalue weighted by molar-refractivity contribution is -0.120. The number of allylic oxidation sites excluding steroid dienone is 2. The summed E-state index contributed by atoms with van der Waals surface area (Å²) in [5.41, 5.74) is 3.10. The molecule has 0 bridgehead atoms. The molecule has 2 amide bonds. The lowest BCUT2D eigenvalue weighted by Gasteiger charge is -2.28. The summed E-state index contributed by atoms with van der Waals surface area (Å²) in [6.45, 7) is 1.19. The fourth-order valence-corrected chi connectivity index (χ4v) is 3.20. The number of carbonyl (C=O) groups is 2. The van der Waals surface area contributed by atoms with E-state index in [0.717, 1.165) is 36.9 Å². The fraction of sp³-hybridized carbons (Fsp3) is 0.444. The summed E-state index contributed by atoms with van der Waals surface area (Å²) in [7, 11) is 1.40. The van der Waals surface area contributed by atoms with Crippen molar-refractivity contribution in [2.24, 2.45) is 5.92 Å². The number of ether oxygens (including phenoxy) is 1. The van der Waals surface area contributed by atoms with Crippen LogP contribution >= 0.6 is 0 Å². The highest BCUT2D eigenvalue weighted by atomic mass is 16.5. The molecule has 0 fully saturated rings. The molecule has 0 saturated heterocycles. The van der Waals surface area contributed by atoms with Gasteiger partial charge in [-0.3, -0.25) is 4.79 Å². The Morgan fingerprint density at radius 1 is 1.26 bits per heavy atom. The predicted octanol–water partition coefficient (Wildman–Crippen LogP) is 3.11. The first-order valence-corrected chi connectivity index (χ1v) is 8.08. The molecule has 3 rings (SSSR count). The summed E-state index contributed by atoms with van der Waals surface area (Å²) < 4.78 is 4.79. The van der Waals surface area contributed by atoms with Crippen LogP contribution in [0.5, 0.6) is 0 Å². The minimum Gasteiger partial charge on any atom is -0.453 e. The van der Waals surface area contributed by atoms with Gasteiger partial charge in [0.05, 0.1) is 7.11 Å². The number of benzene rings is 1. The molecule has 1 aliphatic carbocycles. The van der Waals surface area contributed by atoms with Gasteiger partial charge in [-0.15, -0.1) is 0 Å². The van der Waals surface area contributed by atoms with E-state index >= 15 is 0 Å². The van der Waals surface area contributed by atoms with Gasteiger partial charge in [-0.05, 0) is 48.9 Å². The number of rotatable bonds is 2. The van der Waals surface area contributed by atoms with Gasteiger partial charge in [0.1, 0.15) is 0 Å². The van der Waals surface area contributed by atoms with E-state index in [1.165, 1.54) is 12.7 Å². The minimum absolute atomic E-state index is 0.0580. The van der Waals surface area contributed by atoms with Crippen LogP contribution in [0.25, 0.3) is 0 Å². The lowest BCUT2D eigenvalue weighted by atomic mass is 9.93. The van der Waals surface area contributed by atoms with Crippen molar-refractivity contribution in [2.75, 3.05) is 19.0 Å². The zero-order chi connectivity index (χ0) is 16.2. The van der Waals surface area contributed by atoms with E-state index in [1.807, 2.05) is 18.2 Å². The quantitative estimate of drug-likeness (QED) is 0.853. The van der Waals surface area contributed by atoms with Gasteiger partial charge < -0.3 is 15.0 Å². The first-order valence-electron chi connectivity index (χ1n) is 8.08. The average molecular weight is 314 g/mol. The maximum Gasteiger partial charge on any atom is 0.409 e. The van der Waals surface area contributed by atoms with Crippen LogP contribution in [0.4, 0.5) is 10.5 Å². The highest BCUT2D eigenvalue weighted by Gasteiger charge is 2.22. The molecule has 5 nitrogen and oxygen atoms in total. The molecule has 1 N–H and O–H groups in total. The van der Waals surface area contributed by atoms with E-state index in [1.54, 1.807) is 4.90 Å². The Hall–Kier alpha value is -2.30. The number of fused-ring (bicyclic) bond motifs is 1. The summed E-state index contributed by atoms with van der Waals surface area (Å²) in [5, 5.41) is 3.01. The summed E-state index contributed by atoms with van der Waals surface area (Å²) >= 11 is 0. The van der Waals surface area contributed by atoms with E-state index < -0.39 is 0 Å². The van der Waals surface area contributed by atoms with Gasteiger partial charge >= 0.3 is 6.09 Å². The van der Waals surface area contributed by atoms with Gasteiger partial charge in [0.2, 0.25) is 5.91 Å². The van der Waals surface area contributed by atoms with E-state index in [4.69, 9.17) is 4.74 Å². The molecular weight excluding hydrogens is 292 g/mol. The second-order valence-electron chi connectivity index (χ2n) is 6.10. The van der Waals surface area contributed by atoms with E-state index in [0.29, 0.717) is 13.1 Å². The maximum atomic E-state index is 12.3. The lowest BCUT2D eigenvalue weighted by Crippen LogP contribution is -2.35. The molecule has 1 atom stereocenters. The number of hydrogen-bond donors (Lipinski definition) is 1. The van der Waals surface area contributed by atoms with Crippen LogP contribution in [0, 0.1) is 5.92 Å². The van der Waals surface area contributed by atoms with Crippen LogP contribution < -0.4 is 5.32 Å². The average Bonchev–Trinajstić information content (AvgIpc) is 2.61. The van der Waals surface area contributed by atoms with Crippen molar-refractivity contribution in [3.8, 4) is 0 Å². The van der Waals surface area contributed by atoms with E-state index in [-0.39, 0.29) is 17.9 Å². The Kier molecular flexibility index (Phi) is 4.65. The molecule has 1 heterocycles. The van der Waals surface area contributed by atoms with Gasteiger partial charge in [0, 0.05) is 24.7 Å². The summed E-state index contributed by atoms with van der Waals surface area (Å²) in [6.07, 6.45) is 7.40. The molecule has 5 heteroatoms. The Morgan fingerprint density at radius 2 is 2.13 bits per heavy atom. The summed E-state index contributed by atoms with van der Waals surface area (Å²) in [5.74, 6) is 0.137. The molecule has 0 spiro atoms. The molecule has 1 unspecified atom stereocenters. The summed E-state index contributed by atoms with van der Waals surface area (Å²) in [4.78, 5) is 25.7. The number of amides is 2. The standard InChI is InChI=1S/C18H22N2O3/c1-23-18(22)20-10-9-13-7-8-16(11-15(13)12-20)19-17(21)14-5-3-2-4-6-14/h2-3,7-8,11,14H,4-6,9-10,12H2,1H3,(H,19,21). The first-order chi connectivity index (χ1) is 11.2. The Labute approximate surface area is 136 Å². The topological polar surface area (TPSA) is 58.6 Å². The van der Waals surface area contributed by atoms with Gasteiger partial charge in [0.15, 0.2) is 0 Å². The van der Waals surface area contributed by atoms with Crippen LogP contribution in [0.15, 0.2) is 30.4 Å². The van der Waals surface area contributed by atoms with Crippen LogP contribution in [0.1, 0.15) is 30.4 Å². The minimum atomic E-state index is -0.306. The van der Waals surface area contributed by atoms with Crippen molar-refractivity contribution in [1.29, 1.82) is 0 Å². The number of hydrogen-bond acceptors (Lipinski definition) is 3. The third kappa shape index (κ3) is 3.55. The van der Waals surface area contributed by atoms with Crippen molar-refractivity contribution in [1.82, 2.24) is 4.90 Å². The molecule has 0 saturated carbocycles. The van der Waals surface area contributed by atoms with Crippen LogP contribution in [0.3, 0.4) is 0 Å². The molecule has 1 aliphatic heterocycles. The van der Waals surface area contributed by atoms with Gasteiger partial charge in [-0.2, -0.15) is 0 Å².